The summed E-state index contributed by atoms with van der Waals surface area (Å²) in [7, 11) is 1.24. The van der Waals surface area contributed by atoms with Gasteiger partial charge in [0, 0.05) is 18.6 Å². The van der Waals surface area contributed by atoms with Crippen LogP contribution < -0.4 is 10.3 Å². The van der Waals surface area contributed by atoms with Crippen LogP contribution in [0.4, 0.5) is 0 Å². The van der Waals surface area contributed by atoms with Gasteiger partial charge in [-0.3, -0.25) is 4.79 Å². The SMILES string of the molecule is COC(=O)c1cc(O[C@H]2CC2OC(=O)c2cc(=O)[nH]cn2)ncn1. The molecule has 124 valence electrons. The fraction of sp³-hybridized carbons (Fsp3) is 0.286. The Morgan fingerprint density at radius 2 is 1.92 bits per heavy atom. The van der Waals surface area contributed by atoms with Gasteiger partial charge >= 0.3 is 11.9 Å². The summed E-state index contributed by atoms with van der Waals surface area (Å²) in [6.45, 7) is 0. The molecule has 10 heteroatoms. The first-order valence-electron chi connectivity index (χ1n) is 6.89. The molecule has 10 nitrogen and oxygen atoms in total. The van der Waals surface area contributed by atoms with Crippen LogP contribution in [0.25, 0.3) is 0 Å². The van der Waals surface area contributed by atoms with Crippen LogP contribution in [0.1, 0.15) is 27.4 Å². The fourth-order valence-corrected chi connectivity index (χ4v) is 1.85. The quantitative estimate of drug-likeness (QED) is 0.734. The third kappa shape index (κ3) is 3.54. The highest BCUT2D eigenvalue weighted by molar-refractivity contribution is 5.87. The Labute approximate surface area is 134 Å². The van der Waals surface area contributed by atoms with Gasteiger partial charge in [0.15, 0.2) is 11.4 Å². The molecule has 1 aliphatic carbocycles. The molecule has 0 saturated heterocycles. The molecule has 1 aliphatic rings. The summed E-state index contributed by atoms with van der Waals surface area (Å²) in [5.41, 5.74) is -0.472. The molecule has 1 fully saturated rings. The zero-order valence-corrected chi connectivity index (χ0v) is 12.5. The summed E-state index contributed by atoms with van der Waals surface area (Å²) >= 11 is 0. The van der Waals surface area contributed by atoms with Crippen LogP contribution in [0.2, 0.25) is 0 Å². The molecule has 2 atom stereocenters. The normalized spacial score (nSPS) is 18.5. The molecule has 1 unspecified atom stereocenters. The number of carbonyl (C=O) groups excluding carboxylic acids is 2. The third-order valence-electron chi connectivity index (χ3n) is 3.13. The molecule has 2 heterocycles. The van der Waals surface area contributed by atoms with E-state index in [0.717, 1.165) is 12.4 Å². The van der Waals surface area contributed by atoms with Gasteiger partial charge in [-0.15, -0.1) is 0 Å². The highest BCUT2D eigenvalue weighted by Gasteiger charge is 2.44. The molecule has 2 aromatic rings. The molecule has 1 saturated carbocycles. The van der Waals surface area contributed by atoms with Crippen LogP contribution in [0, 0.1) is 0 Å². The number of nitrogens with zero attached hydrogens (tertiary/aromatic N) is 3. The fourth-order valence-electron chi connectivity index (χ4n) is 1.85. The zero-order valence-electron chi connectivity index (χ0n) is 12.5. The topological polar surface area (TPSA) is 133 Å². The van der Waals surface area contributed by atoms with Gasteiger partial charge in [-0.05, 0) is 0 Å². The van der Waals surface area contributed by atoms with Gasteiger partial charge in [-0.25, -0.2) is 24.5 Å². The molecule has 0 amide bonds. The average molecular weight is 332 g/mol. The lowest BCUT2D eigenvalue weighted by atomic mass is 10.4. The minimum Gasteiger partial charge on any atom is -0.470 e. The molecule has 0 radical (unpaired) electrons. The first-order chi connectivity index (χ1) is 11.6. The van der Waals surface area contributed by atoms with E-state index in [1.165, 1.54) is 19.5 Å². The Kier molecular flexibility index (Phi) is 4.18. The van der Waals surface area contributed by atoms with Crippen LogP contribution in [0.5, 0.6) is 5.88 Å². The van der Waals surface area contributed by atoms with E-state index < -0.39 is 29.7 Å². The van der Waals surface area contributed by atoms with Crippen molar-refractivity contribution >= 4 is 11.9 Å². The van der Waals surface area contributed by atoms with E-state index in [1.807, 2.05) is 0 Å². The van der Waals surface area contributed by atoms with Crippen LogP contribution in [0.15, 0.2) is 29.6 Å². The highest BCUT2D eigenvalue weighted by atomic mass is 16.6. The number of methoxy groups -OCH3 is 1. The summed E-state index contributed by atoms with van der Waals surface area (Å²) in [6, 6.07) is 2.38. The predicted molar refractivity (Wildman–Crippen MR) is 76.5 cm³/mol. The number of hydrogen-bond acceptors (Lipinski definition) is 9. The summed E-state index contributed by atoms with van der Waals surface area (Å²) < 4.78 is 15.2. The second-order valence-electron chi connectivity index (χ2n) is 4.87. The van der Waals surface area contributed by atoms with Crippen LogP contribution in [-0.2, 0) is 9.47 Å². The molecular formula is C14H12N4O6. The van der Waals surface area contributed by atoms with Gasteiger partial charge in [0.05, 0.1) is 13.4 Å². The molecule has 0 spiro atoms. The number of H-pyrrole nitrogens is 1. The van der Waals surface area contributed by atoms with Crippen molar-refractivity contribution in [2.24, 2.45) is 0 Å². The summed E-state index contributed by atoms with van der Waals surface area (Å²) in [6.07, 6.45) is 1.89. The lowest BCUT2D eigenvalue weighted by molar-refractivity contribution is 0.0405. The molecule has 24 heavy (non-hydrogen) atoms. The van der Waals surface area contributed by atoms with Crippen molar-refractivity contribution in [1.29, 1.82) is 0 Å². The average Bonchev–Trinajstić information content (AvgIpc) is 3.31. The number of esters is 2. The molecule has 1 N–H and O–H groups in total. The maximum atomic E-state index is 11.8. The van der Waals surface area contributed by atoms with Gasteiger partial charge in [-0.1, -0.05) is 0 Å². The van der Waals surface area contributed by atoms with Crippen LogP contribution in [-0.4, -0.2) is 51.2 Å². The Balaban J connectivity index is 1.57. The lowest BCUT2D eigenvalue weighted by Gasteiger charge is -2.06. The van der Waals surface area contributed by atoms with Crippen LogP contribution in [0.3, 0.4) is 0 Å². The van der Waals surface area contributed by atoms with E-state index in [0.29, 0.717) is 6.42 Å². The Bertz CT molecular complexity index is 836. The number of aromatic amines is 1. The maximum absolute atomic E-state index is 11.8. The smallest absolute Gasteiger partial charge is 0.357 e. The highest BCUT2D eigenvalue weighted by Crippen LogP contribution is 2.30. The second-order valence-corrected chi connectivity index (χ2v) is 4.87. The molecule has 0 bridgehead atoms. The van der Waals surface area contributed by atoms with Crippen molar-refractivity contribution in [1.82, 2.24) is 19.9 Å². The number of nitrogens with one attached hydrogen (secondary N) is 1. The first kappa shape index (κ1) is 15.6. The third-order valence-corrected chi connectivity index (χ3v) is 3.13. The van der Waals surface area contributed by atoms with Gasteiger partial charge in [0.2, 0.25) is 5.88 Å². The zero-order chi connectivity index (χ0) is 17.1. The summed E-state index contributed by atoms with van der Waals surface area (Å²) in [5, 5.41) is 0. The summed E-state index contributed by atoms with van der Waals surface area (Å²) in [4.78, 5) is 48.0. The molecule has 0 aliphatic heterocycles. The number of aromatic nitrogens is 4. The van der Waals surface area contributed by atoms with E-state index in [1.54, 1.807) is 0 Å². The first-order valence-corrected chi connectivity index (χ1v) is 6.89. The molecular weight excluding hydrogens is 320 g/mol. The number of carbonyl (C=O) groups is 2. The van der Waals surface area contributed by atoms with Crippen molar-refractivity contribution < 1.29 is 23.8 Å². The number of ether oxygens (including phenoxy) is 3. The van der Waals surface area contributed by atoms with Crippen molar-refractivity contribution in [2.75, 3.05) is 7.11 Å². The van der Waals surface area contributed by atoms with Crippen LogP contribution >= 0.6 is 0 Å². The van der Waals surface area contributed by atoms with E-state index in [2.05, 4.69) is 24.7 Å². The minimum absolute atomic E-state index is 0.0596. The standard InChI is InChI=1S/C14H12N4O6/c1-22-13(20)8-3-12(18-6-16-8)23-9-4-10(9)24-14(21)7-2-11(19)17-5-15-7/h2-3,5-6,9-10H,4H2,1H3,(H,15,17,19)/t9-,10?/m0/s1. The Morgan fingerprint density at radius 3 is 2.67 bits per heavy atom. The number of hydrogen-bond donors (Lipinski definition) is 1. The van der Waals surface area contributed by atoms with Gasteiger partial charge < -0.3 is 19.2 Å². The monoisotopic (exact) mass is 332 g/mol. The van der Waals surface area contributed by atoms with E-state index in [9.17, 15) is 14.4 Å². The molecule has 3 rings (SSSR count). The predicted octanol–water partition coefficient (Wildman–Crippen LogP) is -0.277. The lowest BCUT2D eigenvalue weighted by Crippen LogP contribution is -2.17. The van der Waals surface area contributed by atoms with E-state index >= 15 is 0 Å². The van der Waals surface area contributed by atoms with Crippen molar-refractivity contribution in [2.45, 2.75) is 18.6 Å². The van der Waals surface area contributed by atoms with Crippen molar-refractivity contribution in [3.63, 3.8) is 0 Å². The second kappa shape index (κ2) is 6.44. The van der Waals surface area contributed by atoms with Gasteiger partial charge in [-0.2, -0.15) is 0 Å². The van der Waals surface area contributed by atoms with Gasteiger partial charge in [0.25, 0.3) is 5.56 Å². The Morgan fingerprint density at radius 1 is 1.12 bits per heavy atom. The number of rotatable bonds is 5. The van der Waals surface area contributed by atoms with Crippen molar-refractivity contribution in [3.8, 4) is 5.88 Å². The van der Waals surface area contributed by atoms with E-state index in [-0.39, 0.29) is 17.3 Å². The Hall–Kier alpha value is -3.30. The largest absolute Gasteiger partial charge is 0.470 e. The molecule has 2 aromatic heterocycles. The minimum atomic E-state index is -0.713. The molecule has 0 aromatic carbocycles. The van der Waals surface area contributed by atoms with Gasteiger partial charge in [0.1, 0.15) is 18.5 Å². The van der Waals surface area contributed by atoms with E-state index in [4.69, 9.17) is 9.47 Å². The maximum Gasteiger partial charge on any atom is 0.357 e. The van der Waals surface area contributed by atoms with Crippen molar-refractivity contribution in [3.05, 3.63) is 46.5 Å². The summed E-state index contributed by atoms with van der Waals surface area (Å²) in [5.74, 6) is -1.15.